The van der Waals surface area contributed by atoms with Crippen LogP contribution in [0.4, 0.5) is 4.79 Å². The van der Waals surface area contributed by atoms with Crippen LogP contribution in [0, 0.1) is 0 Å². The molecule has 0 bridgehead atoms. The van der Waals surface area contributed by atoms with Crippen LogP contribution in [0.3, 0.4) is 0 Å². The lowest BCUT2D eigenvalue weighted by Crippen LogP contribution is -2.36. The maximum atomic E-state index is 11.1. The highest BCUT2D eigenvalue weighted by Gasteiger charge is 2.15. The number of hydrogen-bond acceptors (Lipinski definition) is 3. The molecular formula is C8H19N2O2S+. The Balaban J connectivity index is 3.41. The molecule has 0 aliphatic heterocycles. The van der Waals surface area contributed by atoms with Crippen LogP contribution < -0.4 is 10.0 Å². The Morgan fingerprint density at radius 1 is 1.38 bits per heavy atom. The summed E-state index contributed by atoms with van der Waals surface area (Å²) < 4.78 is 8.11. The molecule has 0 aromatic heterocycles. The molecule has 0 aliphatic carbocycles. The minimum Gasteiger partial charge on any atom is -0.444 e. The number of rotatable bonds is 4. The highest BCUT2D eigenvalue weighted by molar-refractivity contribution is 7.75. The van der Waals surface area contributed by atoms with Crippen LogP contribution in [0.2, 0.25) is 0 Å². The molecule has 0 aromatic carbocycles. The van der Waals surface area contributed by atoms with E-state index in [4.69, 9.17) is 4.74 Å². The Hall–Kier alpha value is -0.420. The lowest BCUT2D eigenvalue weighted by molar-refractivity contribution is 0.0529. The smallest absolute Gasteiger partial charge is 0.407 e. The largest absolute Gasteiger partial charge is 0.444 e. The van der Waals surface area contributed by atoms with Crippen molar-refractivity contribution in [1.82, 2.24) is 10.0 Å². The summed E-state index contributed by atoms with van der Waals surface area (Å²) in [5.74, 6) is 0. The first-order valence-corrected chi connectivity index (χ1v) is 5.58. The van der Waals surface area contributed by atoms with E-state index in [1.807, 2.05) is 27.0 Å². The molecule has 0 saturated heterocycles. The van der Waals surface area contributed by atoms with E-state index in [1.165, 1.54) is 0 Å². The van der Waals surface area contributed by atoms with Gasteiger partial charge in [-0.2, -0.15) is 0 Å². The number of amides is 1. The molecule has 0 aliphatic rings. The molecule has 0 rings (SSSR count). The van der Waals surface area contributed by atoms with Crippen molar-refractivity contribution in [2.75, 3.05) is 19.3 Å². The van der Waals surface area contributed by atoms with E-state index in [0.717, 1.165) is 18.5 Å². The lowest BCUT2D eigenvalue weighted by Gasteiger charge is -2.19. The molecule has 0 atom stereocenters. The summed E-state index contributed by atoms with van der Waals surface area (Å²) in [4.78, 5) is 11.1. The quantitative estimate of drug-likeness (QED) is 0.400. The molecule has 78 valence electrons. The summed E-state index contributed by atoms with van der Waals surface area (Å²) in [7, 11) is 0. The number of alkyl carbamates (subject to hydrolysis) is 1. The third-order valence-electron chi connectivity index (χ3n) is 1.06. The first-order valence-electron chi connectivity index (χ1n) is 4.24. The van der Waals surface area contributed by atoms with Crippen molar-refractivity contribution >= 4 is 18.0 Å². The van der Waals surface area contributed by atoms with E-state index in [0.29, 0.717) is 6.54 Å². The molecule has 5 heteroatoms. The van der Waals surface area contributed by atoms with Gasteiger partial charge in [0.1, 0.15) is 11.9 Å². The van der Waals surface area contributed by atoms with Gasteiger partial charge in [-0.3, -0.25) is 0 Å². The van der Waals surface area contributed by atoms with Crippen molar-refractivity contribution < 1.29 is 9.53 Å². The normalized spacial score (nSPS) is 11.1. The molecule has 0 spiro atoms. The van der Waals surface area contributed by atoms with E-state index in [9.17, 15) is 4.79 Å². The standard InChI is InChI=1S/C8H18N2O2S/c1-8(2,3)12-7(11)9-5-6-10-13-4/h10H,5-6H2,1-4H3,(H,9,11)/p+1. The van der Waals surface area contributed by atoms with Crippen molar-refractivity contribution in [2.24, 2.45) is 0 Å². The molecule has 13 heavy (non-hydrogen) atoms. The molecular weight excluding hydrogens is 188 g/mol. The Kier molecular flexibility index (Phi) is 5.90. The Labute approximate surface area is 83.9 Å². The highest BCUT2D eigenvalue weighted by atomic mass is 32.2. The molecule has 0 fully saturated rings. The maximum Gasteiger partial charge on any atom is 0.407 e. The summed E-state index contributed by atoms with van der Waals surface area (Å²) in [5.41, 5.74) is -0.416. The minimum atomic E-state index is -0.416. The van der Waals surface area contributed by atoms with Crippen molar-refractivity contribution in [3.63, 3.8) is 0 Å². The zero-order chi connectivity index (χ0) is 10.3. The van der Waals surface area contributed by atoms with Crippen molar-refractivity contribution in [2.45, 2.75) is 26.4 Å². The van der Waals surface area contributed by atoms with Gasteiger partial charge in [-0.1, -0.05) is 0 Å². The number of nitrogens with one attached hydrogen (secondary N) is 2. The third kappa shape index (κ3) is 9.49. The van der Waals surface area contributed by atoms with Gasteiger partial charge in [0.05, 0.1) is 18.5 Å². The Morgan fingerprint density at radius 3 is 2.46 bits per heavy atom. The predicted molar refractivity (Wildman–Crippen MR) is 56.9 cm³/mol. The zero-order valence-corrected chi connectivity index (χ0v) is 9.57. The van der Waals surface area contributed by atoms with Crippen molar-refractivity contribution in [1.29, 1.82) is 0 Å². The summed E-state index contributed by atoms with van der Waals surface area (Å²) in [6.45, 7) is 6.88. The SMILES string of the molecule is C[SH+]NCCNC(=O)OC(C)(C)C. The first-order chi connectivity index (χ1) is 5.95. The molecule has 0 radical (unpaired) electrons. The van der Waals surface area contributed by atoms with Crippen LogP contribution in [0.5, 0.6) is 0 Å². The van der Waals surface area contributed by atoms with E-state index in [1.54, 1.807) is 0 Å². The van der Waals surface area contributed by atoms with Gasteiger partial charge in [0.25, 0.3) is 0 Å². The second-order valence-electron chi connectivity index (χ2n) is 3.56. The Bertz CT molecular complexity index is 157. The van der Waals surface area contributed by atoms with Gasteiger partial charge in [-0.05, 0) is 20.8 Å². The fraction of sp³-hybridized carbons (Fsp3) is 0.875. The number of ether oxygens (including phenoxy) is 1. The van der Waals surface area contributed by atoms with Gasteiger partial charge in [-0.25, -0.2) is 4.79 Å². The van der Waals surface area contributed by atoms with Crippen LogP contribution in [0.25, 0.3) is 0 Å². The van der Waals surface area contributed by atoms with Crippen LogP contribution in [-0.2, 0) is 16.7 Å². The van der Waals surface area contributed by atoms with Gasteiger partial charge >= 0.3 is 6.09 Å². The van der Waals surface area contributed by atoms with E-state index < -0.39 is 5.60 Å². The predicted octanol–water partition coefficient (Wildman–Crippen LogP) is 0.460. The number of thiol groups is 1. The molecule has 0 heterocycles. The minimum absolute atomic E-state index is 0.359. The summed E-state index contributed by atoms with van der Waals surface area (Å²) in [6.07, 6.45) is 1.63. The second kappa shape index (κ2) is 6.10. The monoisotopic (exact) mass is 207 g/mol. The Morgan fingerprint density at radius 2 is 2.00 bits per heavy atom. The van der Waals surface area contributed by atoms with Gasteiger partial charge in [-0.15, -0.1) is 4.72 Å². The van der Waals surface area contributed by atoms with Crippen LogP contribution >= 0.6 is 0 Å². The fourth-order valence-electron chi connectivity index (χ4n) is 0.646. The lowest BCUT2D eigenvalue weighted by atomic mass is 10.2. The first kappa shape index (κ1) is 12.6. The van der Waals surface area contributed by atoms with Crippen LogP contribution in [-0.4, -0.2) is 31.0 Å². The molecule has 4 nitrogen and oxygen atoms in total. The number of hydrogen-bond donors (Lipinski definition) is 2. The zero-order valence-electron chi connectivity index (χ0n) is 8.68. The maximum absolute atomic E-state index is 11.1. The molecule has 1 amide bonds. The van der Waals surface area contributed by atoms with Gasteiger partial charge in [0.15, 0.2) is 0 Å². The average molecular weight is 207 g/mol. The van der Waals surface area contributed by atoms with Gasteiger partial charge in [0, 0.05) is 6.54 Å². The van der Waals surface area contributed by atoms with Gasteiger partial charge < -0.3 is 10.1 Å². The van der Waals surface area contributed by atoms with Crippen LogP contribution in [0.1, 0.15) is 20.8 Å². The molecule has 0 saturated carbocycles. The second-order valence-corrected chi connectivity index (χ2v) is 4.32. The summed E-state index contributed by atoms with van der Waals surface area (Å²) >= 11 is 1.12. The number of carbonyl (C=O) groups excluding carboxylic acids is 1. The summed E-state index contributed by atoms with van der Waals surface area (Å²) in [5, 5.41) is 2.65. The molecule has 0 aromatic rings. The van der Waals surface area contributed by atoms with Crippen molar-refractivity contribution in [3.05, 3.63) is 0 Å². The fourth-order valence-corrected chi connectivity index (χ4v) is 0.982. The highest BCUT2D eigenvalue weighted by Crippen LogP contribution is 2.05. The molecule has 2 N–H and O–H groups in total. The third-order valence-corrected chi connectivity index (χ3v) is 1.60. The van der Waals surface area contributed by atoms with E-state index >= 15 is 0 Å². The van der Waals surface area contributed by atoms with Crippen molar-refractivity contribution in [3.8, 4) is 0 Å². The van der Waals surface area contributed by atoms with Gasteiger partial charge in [0.2, 0.25) is 0 Å². The number of carbonyl (C=O) groups is 1. The topological polar surface area (TPSA) is 50.4 Å². The summed E-state index contributed by atoms with van der Waals surface area (Å²) in [6, 6.07) is 0. The molecule has 0 unspecified atom stereocenters. The van der Waals surface area contributed by atoms with E-state index in [2.05, 4.69) is 10.0 Å². The average Bonchev–Trinajstić information content (AvgIpc) is 1.94. The van der Waals surface area contributed by atoms with Crippen LogP contribution in [0.15, 0.2) is 0 Å². The van der Waals surface area contributed by atoms with E-state index in [-0.39, 0.29) is 6.09 Å².